The summed E-state index contributed by atoms with van der Waals surface area (Å²) in [4.78, 5) is 23.1. The van der Waals surface area contributed by atoms with Gasteiger partial charge < -0.3 is 25.5 Å². The van der Waals surface area contributed by atoms with Gasteiger partial charge in [0.05, 0.1) is 11.8 Å². The van der Waals surface area contributed by atoms with Crippen LogP contribution in [0.5, 0.6) is 0 Å². The highest BCUT2D eigenvalue weighted by Gasteiger charge is 2.33. The fraction of sp³-hybridized carbons (Fsp3) is 0.636. The number of amidine groups is 1. The molecule has 2 unspecified atom stereocenters. The number of aliphatic imine (C=N–C) groups is 1. The Kier molecular flexibility index (Phi) is 10.3. The molecule has 7 heteroatoms. The Labute approximate surface area is 241 Å². The van der Waals surface area contributed by atoms with Crippen molar-refractivity contribution in [1.29, 1.82) is 0 Å². The van der Waals surface area contributed by atoms with Crippen LogP contribution < -0.4 is 10.6 Å². The lowest BCUT2D eigenvalue weighted by molar-refractivity contribution is 0.0867. The van der Waals surface area contributed by atoms with Crippen molar-refractivity contribution in [2.75, 3.05) is 18.9 Å². The number of anilines is 1. The van der Waals surface area contributed by atoms with Crippen LogP contribution in [-0.2, 0) is 6.42 Å². The molecule has 0 aromatic heterocycles. The van der Waals surface area contributed by atoms with E-state index < -0.39 is 0 Å². The molecule has 4 rings (SSSR count). The standard InChI is InChI=1S/C33H51N5O2/c1-7-25-20-26(33(40)36-27-15-17-29(39)18-16-27)14-19-30(25)34-24(5)35-32-31(8-2)37(6)23(4)22(3)21-38(32)28-12-10-9-11-13-28/h8,14,19-20,22,24,27-29,34,39H,4,7,9-13,15-18,21H2,1-3,5-6H3,(H,36,40)/b31-8+,35-32?. The molecular weight excluding hydrogens is 498 g/mol. The summed E-state index contributed by atoms with van der Waals surface area (Å²) in [7, 11) is 2.11. The van der Waals surface area contributed by atoms with Crippen LogP contribution in [-0.4, -0.2) is 64.6 Å². The zero-order chi connectivity index (χ0) is 28.8. The van der Waals surface area contributed by atoms with E-state index >= 15 is 0 Å². The summed E-state index contributed by atoms with van der Waals surface area (Å²) in [5, 5.41) is 16.6. The number of hydrogen-bond donors (Lipinski definition) is 3. The van der Waals surface area contributed by atoms with Gasteiger partial charge in [-0.2, -0.15) is 0 Å². The molecule has 1 amide bonds. The van der Waals surface area contributed by atoms with Gasteiger partial charge in [-0.1, -0.05) is 45.8 Å². The van der Waals surface area contributed by atoms with E-state index in [1.165, 1.54) is 32.1 Å². The van der Waals surface area contributed by atoms with E-state index in [0.29, 0.717) is 17.5 Å². The molecule has 40 heavy (non-hydrogen) atoms. The molecule has 2 atom stereocenters. The molecule has 1 saturated heterocycles. The quantitative estimate of drug-likeness (QED) is 0.385. The minimum absolute atomic E-state index is 0.0346. The van der Waals surface area contributed by atoms with Gasteiger partial charge in [-0.05, 0) is 82.6 Å². The Morgan fingerprint density at radius 3 is 2.52 bits per heavy atom. The van der Waals surface area contributed by atoms with Crippen molar-refractivity contribution in [1.82, 2.24) is 15.1 Å². The van der Waals surface area contributed by atoms with E-state index in [1.807, 2.05) is 18.2 Å². The van der Waals surface area contributed by atoms with Gasteiger partial charge >= 0.3 is 0 Å². The summed E-state index contributed by atoms with van der Waals surface area (Å²) in [5.41, 5.74) is 5.06. The summed E-state index contributed by atoms with van der Waals surface area (Å²) in [6.45, 7) is 14.0. The third-order valence-electron chi connectivity index (χ3n) is 9.08. The summed E-state index contributed by atoms with van der Waals surface area (Å²) in [6.07, 6.45) is 12.1. The van der Waals surface area contributed by atoms with Crippen LogP contribution in [0.2, 0.25) is 0 Å². The van der Waals surface area contributed by atoms with E-state index in [0.717, 1.165) is 67.1 Å². The third kappa shape index (κ3) is 7.09. The Balaban J connectivity index is 1.54. The van der Waals surface area contributed by atoms with Crippen molar-refractivity contribution in [2.24, 2.45) is 10.9 Å². The molecular formula is C33H51N5O2. The minimum Gasteiger partial charge on any atom is -0.393 e. The summed E-state index contributed by atoms with van der Waals surface area (Å²) < 4.78 is 0. The van der Waals surface area contributed by atoms with E-state index in [1.54, 1.807) is 0 Å². The SMILES string of the molecule is C=C1C(C)CN(C2CCCCC2)C(=NC(C)Nc2ccc(C(=O)NC3CCC(O)CC3)cc2CC)/C(=C\C)N1C. The van der Waals surface area contributed by atoms with Crippen molar-refractivity contribution >= 4 is 17.4 Å². The van der Waals surface area contributed by atoms with Crippen LogP contribution in [0.25, 0.3) is 0 Å². The van der Waals surface area contributed by atoms with Gasteiger partial charge in [0.25, 0.3) is 5.91 Å². The summed E-state index contributed by atoms with van der Waals surface area (Å²) in [5.74, 6) is 1.36. The molecule has 3 fully saturated rings. The number of aliphatic hydroxyl groups excluding tert-OH is 1. The van der Waals surface area contributed by atoms with Crippen molar-refractivity contribution in [3.05, 3.63) is 53.4 Å². The van der Waals surface area contributed by atoms with Gasteiger partial charge in [-0.3, -0.25) is 4.79 Å². The third-order valence-corrected chi connectivity index (χ3v) is 9.08. The molecule has 0 spiro atoms. The highest BCUT2D eigenvalue weighted by Crippen LogP contribution is 2.32. The van der Waals surface area contributed by atoms with Crippen LogP contribution >= 0.6 is 0 Å². The Hall–Kier alpha value is -2.80. The van der Waals surface area contributed by atoms with Gasteiger partial charge in [0.2, 0.25) is 0 Å². The lowest BCUT2D eigenvalue weighted by Gasteiger charge is -2.37. The molecule has 0 radical (unpaired) electrons. The molecule has 2 saturated carbocycles. The maximum atomic E-state index is 13.0. The smallest absolute Gasteiger partial charge is 0.251 e. The molecule has 3 aliphatic rings. The molecule has 1 heterocycles. The van der Waals surface area contributed by atoms with Crippen LogP contribution in [0.3, 0.4) is 0 Å². The Morgan fingerprint density at radius 1 is 1.18 bits per heavy atom. The number of benzene rings is 1. The van der Waals surface area contributed by atoms with Gasteiger partial charge in [0.15, 0.2) is 0 Å². The minimum atomic E-state index is -0.227. The van der Waals surface area contributed by atoms with Crippen molar-refractivity contribution in [2.45, 2.75) is 116 Å². The molecule has 3 N–H and O–H groups in total. The van der Waals surface area contributed by atoms with Gasteiger partial charge in [-0.15, -0.1) is 0 Å². The Morgan fingerprint density at radius 2 is 1.88 bits per heavy atom. The molecule has 2 aliphatic carbocycles. The maximum Gasteiger partial charge on any atom is 0.251 e. The normalized spacial score (nSPS) is 27.6. The number of nitrogens with zero attached hydrogens (tertiary/aromatic N) is 3. The Bertz CT molecular complexity index is 1100. The predicted molar refractivity (Wildman–Crippen MR) is 165 cm³/mol. The van der Waals surface area contributed by atoms with Crippen molar-refractivity contribution in [3.63, 3.8) is 0 Å². The first-order valence-electron chi connectivity index (χ1n) is 15.5. The second-order valence-electron chi connectivity index (χ2n) is 12.0. The molecule has 1 aromatic carbocycles. The first-order chi connectivity index (χ1) is 19.2. The fourth-order valence-electron chi connectivity index (χ4n) is 6.54. The number of rotatable bonds is 7. The van der Waals surface area contributed by atoms with Gasteiger partial charge in [0.1, 0.15) is 12.0 Å². The average Bonchev–Trinajstić information content (AvgIpc) is 3.04. The second-order valence-corrected chi connectivity index (χ2v) is 12.0. The number of aryl methyl sites for hydroxylation is 1. The van der Waals surface area contributed by atoms with Crippen LogP contribution in [0.1, 0.15) is 101 Å². The zero-order valence-corrected chi connectivity index (χ0v) is 25.4. The van der Waals surface area contributed by atoms with E-state index in [4.69, 9.17) is 4.99 Å². The lowest BCUT2D eigenvalue weighted by Crippen LogP contribution is -2.44. The first kappa shape index (κ1) is 30.2. The van der Waals surface area contributed by atoms with Gasteiger partial charge in [-0.25, -0.2) is 4.99 Å². The van der Waals surface area contributed by atoms with Crippen molar-refractivity contribution < 1.29 is 9.90 Å². The van der Waals surface area contributed by atoms with E-state index in [9.17, 15) is 9.90 Å². The average molecular weight is 550 g/mol. The molecule has 1 aliphatic heterocycles. The second kappa shape index (κ2) is 13.7. The number of carbonyl (C=O) groups excluding carboxylic acids is 1. The van der Waals surface area contributed by atoms with Crippen LogP contribution in [0.4, 0.5) is 5.69 Å². The fourth-order valence-corrected chi connectivity index (χ4v) is 6.54. The monoisotopic (exact) mass is 549 g/mol. The number of carbonyl (C=O) groups is 1. The van der Waals surface area contributed by atoms with Crippen LogP contribution in [0.15, 0.2) is 47.2 Å². The van der Waals surface area contributed by atoms with Crippen molar-refractivity contribution in [3.8, 4) is 0 Å². The zero-order valence-electron chi connectivity index (χ0n) is 25.4. The van der Waals surface area contributed by atoms with E-state index in [-0.39, 0.29) is 24.2 Å². The number of allylic oxidation sites excluding steroid dienone is 1. The predicted octanol–water partition coefficient (Wildman–Crippen LogP) is 6.07. The number of nitrogens with one attached hydrogen (secondary N) is 2. The molecule has 0 bridgehead atoms. The van der Waals surface area contributed by atoms with Gasteiger partial charge in [0, 0.05) is 48.5 Å². The summed E-state index contributed by atoms with van der Waals surface area (Å²) in [6, 6.07) is 6.58. The highest BCUT2D eigenvalue weighted by molar-refractivity contribution is 5.99. The topological polar surface area (TPSA) is 80.2 Å². The number of aliphatic hydroxyl groups is 1. The number of amides is 1. The lowest BCUT2D eigenvalue weighted by atomic mass is 9.93. The largest absolute Gasteiger partial charge is 0.393 e. The maximum absolute atomic E-state index is 13.0. The summed E-state index contributed by atoms with van der Waals surface area (Å²) >= 11 is 0. The molecule has 1 aromatic rings. The molecule has 220 valence electrons. The number of hydrogen-bond acceptors (Lipinski definition) is 5. The first-order valence-corrected chi connectivity index (χ1v) is 15.5. The van der Waals surface area contributed by atoms with Crippen LogP contribution in [0, 0.1) is 5.92 Å². The molecule has 7 nitrogen and oxygen atoms in total. The van der Waals surface area contributed by atoms with E-state index in [2.05, 4.69) is 67.8 Å². The highest BCUT2D eigenvalue weighted by atomic mass is 16.3. The number of likely N-dealkylation sites (N-methyl/N-ethyl adjacent to an activating group) is 1.